The predicted molar refractivity (Wildman–Crippen MR) is 79.9 cm³/mol. The van der Waals surface area contributed by atoms with E-state index in [1.54, 1.807) is 11.3 Å². The molecule has 3 heterocycles. The number of carbonyl (C=O) groups is 1. The van der Waals surface area contributed by atoms with Gasteiger partial charge in [0.1, 0.15) is 0 Å². The summed E-state index contributed by atoms with van der Waals surface area (Å²) in [7, 11) is 0. The lowest BCUT2D eigenvalue weighted by Gasteiger charge is -2.27. The summed E-state index contributed by atoms with van der Waals surface area (Å²) in [5, 5.41) is 8.49. The van der Waals surface area contributed by atoms with Gasteiger partial charge in [-0.3, -0.25) is 4.79 Å². The first kappa shape index (κ1) is 14.0. The smallest absolute Gasteiger partial charge is 0.222 e. The molecule has 1 aromatic heterocycles. The summed E-state index contributed by atoms with van der Waals surface area (Å²) in [6, 6.07) is 4.15. The topological polar surface area (TPSA) is 50.4 Å². The maximum Gasteiger partial charge on any atom is 0.222 e. The van der Waals surface area contributed by atoms with E-state index in [0.29, 0.717) is 18.3 Å². The second-order valence-corrected chi connectivity index (χ2v) is 6.70. The van der Waals surface area contributed by atoms with Gasteiger partial charge in [-0.15, -0.1) is 11.3 Å². The molecule has 0 radical (unpaired) electrons. The zero-order chi connectivity index (χ0) is 13.8. The van der Waals surface area contributed by atoms with Gasteiger partial charge in [0.15, 0.2) is 0 Å². The Morgan fingerprint density at radius 2 is 2.50 bits per heavy atom. The molecule has 3 rings (SSSR count). The number of thiophene rings is 1. The van der Waals surface area contributed by atoms with Crippen LogP contribution in [-0.2, 0) is 16.0 Å². The molecular formula is C15H22N2O2S. The largest absolute Gasteiger partial charge is 0.377 e. The van der Waals surface area contributed by atoms with Crippen LogP contribution in [0, 0.1) is 11.8 Å². The molecule has 0 saturated carbocycles. The number of ether oxygens (including phenoxy) is 1. The Hall–Kier alpha value is -0.910. The van der Waals surface area contributed by atoms with Crippen molar-refractivity contribution in [2.24, 2.45) is 11.8 Å². The van der Waals surface area contributed by atoms with Crippen molar-refractivity contribution in [3.63, 3.8) is 0 Å². The zero-order valence-corrected chi connectivity index (χ0v) is 12.5. The van der Waals surface area contributed by atoms with Gasteiger partial charge in [0.25, 0.3) is 0 Å². The molecule has 1 aromatic rings. The Morgan fingerprint density at radius 3 is 3.35 bits per heavy atom. The highest BCUT2D eigenvalue weighted by Gasteiger charge is 2.39. The van der Waals surface area contributed by atoms with Gasteiger partial charge < -0.3 is 15.4 Å². The van der Waals surface area contributed by atoms with E-state index in [4.69, 9.17) is 4.74 Å². The fraction of sp³-hybridized carbons (Fsp3) is 0.667. The average molecular weight is 294 g/mol. The van der Waals surface area contributed by atoms with Gasteiger partial charge in [0.05, 0.1) is 19.1 Å². The molecule has 4 nitrogen and oxygen atoms in total. The highest BCUT2D eigenvalue weighted by molar-refractivity contribution is 7.09. The number of carbonyl (C=O) groups excluding carboxylic acids is 1. The molecule has 0 bridgehead atoms. The summed E-state index contributed by atoms with van der Waals surface area (Å²) in [6.45, 7) is 3.63. The summed E-state index contributed by atoms with van der Waals surface area (Å²) in [4.78, 5) is 13.3. The van der Waals surface area contributed by atoms with Crippen LogP contribution in [0.3, 0.4) is 0 Å². The van der Waals surface area contributed by atoms with E-state index in [1.807, 2.05) is 6.07 Å². The first-order valence-electron chi connectivity index (χ1n) is 7.44. The molecule has 0 aromatic carbocycles. The van der Waals surface area contributed by atoms with Crippen molar-refractivity contribution >= 4 is 17.2 Å². The summed E-state index contributed by atoms with van der Waals surface area (Å²) in [5.74, 6) is 1.30. The second-order valence-electron chi connectivity index (χ2n) is 5.67. The second kappa shape index (κ2) is 6.70. The molecule has 5 heteroatoms. The first-order valence-corrected chi connectivity index (χ1v) is 8.32. The van der Waals surface area contributed by atoms with Crippen LogP contribution in [0.2, 0.25) is 0 Å². The van der Waals surface area contributed by atoms with E-state index in [9.17, 15) is 4.79 Å². The number of hydrogen-bond acceptors (Lipinski definition) is 4. The molecule has 2 fully saturated rings. The molecule has 3 atom stereocenters. The maximum absolute atomic E-state index is 12.0. The van der Waals surface area contributed by atoms with E-state index < -0.39 is 0 Å². The molecule has 2 aliphatic heterocycles. The van der Waals surface area contributed by atoms with Crippen molar-refractivity contribution in [3.05, 3.63) is 22.4 Å². The monoisotopic (exact) mass is 294 g/mol. The molecule has 1 amide bonds. The minimum atomic E-state index is 0.129. The minimum Gasteiger partial charge on any atom is -0.377 e. The van der Waals surface area contributed by atoms with Crippen LogP contribution in [0.25, 0.3) is 0 Å². The fourth-order valence-electron chi connectivity index (χ4n) is 3.23. The average Bonchev–Trinajstić information content (AvgIpc) is 3.09. The van der Waals surface area contributed by atoms with Crippen LogP contribution >= 0.6 is 11.3 Å². The fourth-order valence-corrected chi connectivity index (χ4v) is 3.94. The Kier molecular flexibility index (Phi) is 4.70. The third kappa shape index (κ3) is 3.40. The van der Waals surface area contributed by atoms with E-state index in [0.717, 1.165) is 39.1 Å². The van der Waals surface area contributed by atoms with Crippen LogP contribution < -0.4 is 10.6 Å². The summed E-state index contributed by atoms with van der Waals surface area (Å²) >= 11 is 1.74. The normalized spacial score (nSPS) is 29.1. The van der Waals surface area contributed by atoms with Crippen LogP contribution in [0.4, 0.5) is 0 Å². The zero-order valence-electron chi connectivity index (χ0n) is 11.6. The molecule has 2 saturated heterocycles. The number of nitrogens with one attached hydrogen (secondary N) is 2. The van der Waals surface area contributed by atoms with Gasteiger partial charge in [-0.2, -0.15) is 0 Å². The van der Waals surface area contributed by atoms with Crippen molar-refractivity contribution in [1.29, 1.82) is 0 Å². The third-order valence-corrected chi connectivity index (χ3v) is 5.26. The molecule has 2 N–H and O–H groups in total. The lowest BCUT2D eigenvalue weighted by atomic mass is 9.84. The summed E-state index contributed by atoms with van der Waals surface area (Å²) in [6.07, 6.45) is 2.71. The van der Waals surface area contributed by atoms with E-state index >= 15 is 0 Å². The van der Waals surface area contributed by atoms with Gasteiger partial charge in [0.2, 0.25) is 5.91 Å². The number of amides is 1. The van der Waals surface area contributed by atoms with Crippen LogP contribution in [0.5, 0.6) is 0 Å². The van der Waals surface area contributed by atoms with Crippen molar-refractivity contribution in [3.8, 4) is 0 Å². The summed E-state index contributed by atoms with van der Waals surface area (Å²) < 4.78 is 5.82. The number of fused-ring (bicyclic) bond motifs is 1. The van der Waals surface area contributed by atoms with Gasteiger partial charge in [0, 0.05) is 23.9 Å². The van der Waals surface area contributed by atoms with Crippen LogP contribution in [0.1, 0.15) is 17.7 Å². The molecule has 0 aliphatic carbocycles. The lowest BCUT2D eigenvalue weighted by molar-refractivity contribution is -0.123. The number of piperidine rings is 1. The molecule has 110 valence electrons. The quantitative estimate of drug-likeness (QED) is 0.863. The molecule has 2 aliphatic rings. The molecule has 0 spiro atoms. The highest BCUT2D eigenvalue weighted by atomic mass is 32.1. The Bertz CT molecular complexity index is 435. The Morgan fingerprint density at radius 1 is 1.55 bits per heavy atom. The van der Waals surface area contributed by atoms with E-state index in [2.05, 4.69) is 22.1 Å². The minimum absolute atomic E-state index is 0.129. The third-order valence-electron chi connectivity index (χ3n) is 4.33. The lowest BCUT2D eigenvalue weighted by Crippen LogP contribution is -2.39. The Balaban J connectivity index is 1.40. The standard InChI is InChI=1S/C15H22N2O2S/c18-15(17-6-3-12-2-1-7-20-12)8-14-13-4-5-16-9-11(13)10-19-14/h1-2,7,11,13-14,16H,3-6,8-10H2,(H,17,18)/t11-,13-,14-/m0/s1. The van der Waals surface area contributed by atoms with Gasteiger partial charge in [-0.05, 0) is 36.8 Å². The highest BCUT2D eigenvalue weighted by Crippen LogP contribution is 2.33. The Labute approximate surface area is 123 Å². The number of rotatable bonds is 5. The first-order chi connectivity index (χ1) is 9.83. The summed E-state index contributed by atoms with van der Waals surface area (Å²) in [5.41, 5.74) is 0. The molecule has 0 unspecified atom stereocenters. The van der Waals surface area contributed by atoms with Gasteiger partial charge in [-0.1, -0.05) is 6.07 Å². The van der Waals surface area contributed by atoms with Crippen LogP contribution in [-0.4, -0.2) is 38.3 Å². The van der Waals surface area contributed by atoms with E-state index in [1.165, 1.54) is 4.88 Å². The molecule has 20 heavy (non-hydrogen) atoms. The van der Waals surface area contributed by atoms with Gasteiger partial charge >= 0.3 is 0 Å². The predicted octanol–water partition coefficient (Wildman–Crippen LogP) is 1.42. The number of hydrogen-bond donors (Lipinski definition) is 2. The van der Waals surface area contributed by atoms with E-state index in [-0.39, 0.29) is 12.0 Å². The van der Waals surface area contributed by atoms with Crippen molar-refractivity contribution in [1.82, 2.24) is 10.6 Å². The van der Waals surface area contributed by atoms with Crippen molar-refractivity contribution in [2.45, 2.75) is 25.4 Å². The molecular weight excluding hydrogens is 272 g/mol. The van der Waals surface area contributed by atoms with Crippen molar-refractivity contribution in [2.75, 3.05) is 26.2 Å². The van der Waals surface area contributed by atoms with Crippen molar-refractivity contribution < 1.29 is 9.53 Å². The van der Waals surface area contributed by atoms with Crippen LogP contribution in [0.15, 0.2) is 17.5 Å². The van der Waals surface area contributed by atoms with Gasteiger partial charge in [-0.25, -0.2) is 0 Å². The SMILES string of the molecule is O=C(C[C@@H]1OC[C@@H]2CNCC[C@@H]21)NCCc1cccs1. The maximum atomic E-state index is 12.0.